The zero-order valence-electron chi connectivity index (χ0n) is 11.2. The number of hydrogen-bond donors (Lipinski definition) is 0. The molecule has 10 heteroatoms. The highest BCUT2D eigenvalue weighted by Crippen LogP contribution is 2.28. The second-order valence-electron chi connectivity index (χ2n) is 4.25. The number of benzene rings is 1. The van der Waals surface area contributed by atoms with Crippen LogP contribution >= 0.6 is 0 Å². The Labute approximate surface area is 128 Å². The lowest BCUT2D eigenvalue weighted by Gasteiger charge is -2.10. The first-order valence-electron chi connectivity index (χ1n) is 5.90. The summed E-state index contributed by atoms with van der Waals surface area (Å²) >= 11 is 0. The van der Waals surface area contributed by atoms with Gasteiger partial charge in [0, 0.05) is 6.20 Å². The predicted octanol–water partition coefficient (Wildman–Crippen LogP) is 3.39. The Morgan fingerprint density at radius 2 is 1.74 bits per heavy atom. The van der Waals surface area contributed by atoms with Crippen molar-refractivity contribution >= 4 is 15.5 Å². The molecule has 121 valence electrons. The Hall–Kier alpha value is -2.49. The van der Waals surface area contributed by atoms with E-state index in [1.165, 1.54) is 0 Å². The molecule has 0 unspecified atom stereocenters. The van der Waals surface area contributed by atoms with Crippen LogP contribution < -0.4 is 4.74 Å². The van der Waals surface area contributed by atoms with Gasteiger partial charge in [0.1, 0.15) is 11.4 Å². The Bertz CT molecular complexity index is 833. The first kappa shape index (κ1) is 16.9. The zero-order chi connectivity index (χ0) is 17.3. The zero-order valence-corrected chi connectivity index (χ0v) is 12.1. The van der Waals surface area contributed by atoms with Gasteiger partial charge in [-0.1, -0.05) is 0 Å². The minimum Gasteiger partial charge on any atom is -0.406 e. The number of aromatic nitrogens is 1. The molecule has 1 heterocycles. The van der Waals surface area contributed by atoms with Crippen LogP contribution in [0.25, 0.3) is 0 Å². The van der Waals surface area contributed by atoms with Gasteiger partial charge in [-0.05, 0) is 42.4 Å². The summed E-state index contributed by atoms with van der Waals surface area (Å²) in [5.41, 5.74) is -0.240. The van der Waals surface area contributed by atoms with E-state index in [2.05, 4.69) is 21.8 Å². The lowest BCUT2D eigenvalue weighted by molar-refractivity contribution is -0.274. The minimum absolute atomic E-state index is 0.00729. The molecule has 0 spiro atoms. The smallest absolute Gasteiger partial charge is 0.406 e. The molecule has 0 aliphatic rings. The lowest BCUT2D eigenvalue weighted by atomic mass is 10.3. The molecule has 1 radical (unpaired) electrons. The SMILES string of the molecule is [CH2]c1ncc(S(=O)(=O)c2ccc(OC(F)(F)F)cc2)cc1N=O. The van der Waals surface area contributed by atoms with Gasteiger partial charge in [-0.3, -0.25) is 4.98 Å². The van der Waals surface area contributed by atoms with E-state index in [0.29, 0.717) is 0 Å². The monoisotopic (exact) mass is 345 g/mol. The summed E-state index contributed by atoms with van der Waals surface area (Å²) in [7, 11) is -4.07. The van der Waals surface area contributed by atoms with Gasteiger partial charge in [-0.25, -0.2) is 8.42 Å². The molecule has 0 aliphatic carbocycles. The number of alkyl halides is 3. The number of sulfone groups is 1. The summed E-state index contributed by atoms with van der Waals surface area (Å²) in [6.45, 7) is 3.41. The third kappa shape index (κ3) is 3.83. The van der Waals surface area contributed by atoms with Gasteiger partial charge in [-0.15, -0.1) is 18.1 Å². The maximum Gasteiger partial charge on any atom is 0.573 e. The Morgan fingerprint density at radius 3 is 2.26 bits per heavy atom. The van der Waals surface area contributed by atoms with Crippen molar-refractivity contribution in [3.05, 3.63) is 54.1 Å². The fourth-order valence-electron chi connectivity index (χ4n) is 1.65. The second-order valence-corrected chi connectivity index (χ2v) is 6.20. The maximum absolute atomic E-state index is 12.3. The summed E-state index contributed by atoms with van der Waals surface area (Å²) in [5, 5.41) is 2.61. The number of ether oxygens (including phenoxy) is 1. The first-order valence-corrected chi connectivity index (χ1v) is 7.38. The van der Waals surface area contributed by atoms with Crippen LogP contribution in [0.2, 0.25) is 0 Å². The highest BCUT2D eigenvalue weighted by Gasteiger charge is 2.31. The average molecular weight is 345 g/mol. The molecule has 6 nitrogen and oxygen atoms in total. The van der Waals surface area contributed by atoms with Crippen LogP contribution in [0.5, 0.6) is 5.75 Å². The van der Waals surface area contributed by atoms with E-state index in [1.54, 1.807) is 0 Å². The standard InChI is InChI=1S/C13H8F3N2O4S/c1-8-12(18-19)6-11(7-17-8)23(20,21)10-4-2-9(3-5-10)22-13(14,15)16/h2-7H,1H2. The topological polar surface area (TPSA) is 85.7 Å². The minimum atomic E-state index is -4.88. The number of halogens is 3. The second kappa shape index (κ2) is 5.95. The van der Waals surface area contributed by atoms with Gasteiger partial charge in [0.05, 0.1) is 15.5 Å². The van der Waals surface area contributed by atoms with Crippen molar-refractivity contribution in [2.75, 3.05) is 0 Å². The molecule has 2 aromatic rings. The molecule has 23 heavy (non-hydrogen) atoms. The van der Waals surface area contributed by atoms with Gasteiger partial charge >= 0.3 is 6.36 Å². The van der Waals surface area contributed by atoms with Crippen LogP contribution in [-0.4, -0.2) is 19.8 Å². The van der Waals surface area contributed by atoms with Gasteiger partial charge in [0.15, 0.2) is 0 Å². The number of rotatable bonds is 4. The Balaban J connectivity index is 2.38. The fourth-order valence-corrected chi connectivity index (χ4v) is 2.87. The van der Waals surface area contributed by atoms with Crippen molar-refractivity contribution in [3.63, 3.8) is 0 Å². The molecule has 0 bridgehead atoms. The number of hydrogen-bond acceptors (Lipinski definition) is 6. The molecular formula is C13H8F3N2O4S. The highest BCUT2D eigenvalue weighted by atomic mass is 32.2. The average Bonchev–Trinajstić information content (AvgIpc) is 2.46. The Kier molecular flexibility index (Phi) is 4.37. The van der Waals surface area contributed by atoms with Crippen LogP contribution in [0, 0.1) is 11.8 Å². The third-order valence-electron chi connectivity index (χ3n) is 2.70. The van der Waals surface area contributed by atoms with Crippen molar-refractivity contribution < 1.29 is 26.3 Å². The number of nitroso groups, excluding NO2 is 1. The maximum atomic E-state index is 12.3. The molecular weight excluding hydrogens is 337 g/mol. The van der Waals surface area contributed by atoms with E-state index in [4.69, 9.17) is 0 Å². The molecule has 2 rings (SSSR count). The van der Waals surface area contributed by atoms with E-state index < -0.39 is 21.9 Å². The van der Waals surface area contributed by atoms with Gasteiger partial charge in [0.25, 0.3) is 0 Å². The number of nitrogens with zero attached hydrogens (tertiary/aromatic N) is 2. The molecule has 0 fully saturated rings. The molecule has 0 atom stereocenters. The quantitative estimate of drug-likeness (QED) is 0.793. The fraction of sp³-hybridized carbons (Fsp3) is 0.0769. The molecule has 0 amide bonds. The summed E-state index contributed by atoms with van der Waals surface area (Å²) in [6, 6.07) is 4.60. The van der Waals surface area contributed by atoms with Crippen LogP contribution in [-0.2, 0) is 9.84 Å². The van der Waals surface area contributed by atoms with Crippen molar-refractivity contribution in [2.24, 2.45) is 5.18 Å². The summed E-state index contributed by atoms with van der Waals surface area (Å²) in [4.78, 5) is 13.6. The molecule has 0 aliphatic heterocycles. The van der Waals surface area contributed by atoms with Crippen LogP contribution in [0.1, 0.15) is 5.69 Å². The van der Waals surface area contributed by atoms with E-state index in [0.717, 1.165) is 36.5 Å². The molecule has 0 saturated heterocycles. The van der Waals surface area contributed by atoms with Crippen molar-refractivity contribution in [3.8, 4) is 5.75 Å². The van der Waals surface area contributed by atoms with Crippen LogP contribution in [0.15, 0.2) is 51.5 Å². The Morgan fingerprint density at radius 1 is 1.13 bits per heavy atom. The van der Waals surface area contributed by atoms with Crippen molar-refractivity contribution in [1.82, 2.24) is 4.98 Å². The largest absolute Gasteiger partial charge is 0.573 e. The lowest BCUT2D eigenvalue weighted by Crippen LogP contribution is -2.17. The van der Waals surface area contributed by atoms with E-state index >= 15 is 0 Å². The predicted molar refractivity (Wildman–Crippen MR) is 72.7 cm³/mol. The molecule has 0 saturated carbocycles. The third-order valence-corrected chi connectivity index (χ3v) is 4.44. The molecule has 1 aromatic carbocycles. The summed E-state index contributed by atoms with van der Waals surface area (Å²) in [5.74, 6) is -0.557. The summed E-state index contributed by atoms with van der Waals surface area (Å²) < 4.78 is 64.5. The highest BCUT2D eigenvalue weighted by molar-refractivity contribution is 7.91. The summed E-state index contributed by atoms with van der Waals surface area (Å²) in [6.07, 6.45) is -3.90. The van der Waals surface area contributed by atoms with E-state index in [-0.39, 0.29) is 21.2 Å². The van der Waals surface area contributed by atoms with Crippen LogP contribution in [0.3, 0.4) is 0 Å². The van der Waals surface area contributed by atoms with Crippen molar-refractivity contribution in [2.45, 2.75) is 16.2 Å². The van der Waals surface area contributed by atoms with Gasteiger partial charge < -0.3 is 4.74 Å². The first-order chi connectivity index (χ1) is 10.6. The van der Waals surface area contributed by atoms with Gasteiger partial charge in [-0.2, -0.15) is 0 Å². The van der Waals surface area contributed by atoms with Gasteiger partial charge in [0.2, 0.25) is 9.84 Å². The molecule has 1 aromatic heterocycles. The number of pyridine rings is 1. The van der Waals surface area contributed by atoms with E-state index in [9.17, 15) is 26.5 Å². The molecule has 0 N–H and O–H groups in total. The van der Waals surface area contributed by atoms with E-state index in [1.807, 2.05) is 0 Å². The van der Waals surface area contributed by atoms with Crippen molar-refractivity contribution in [1.29, 1.82) is 0 Å². The van der Waals surface area contributed by atoms with Crippen LogP contribution in [0.4, 0.5) is 18.9 Å². The normalized spacial score (nSPS) is 12.0.